The van der Waals surface area contributed by atoms with E-state index in [1.165, 1.54) is 138 Å². The fraction of sp³-hybridized carbons (Fsp3) is 0.0833. The van der Waals surface area contributed by atoms with E-state index in [1.54, 1.807) is 0 Å². The Balaban J connectivity index is 1.13. The van der Waals surface area contributed by atoms with E-state index in [0.717, 1.165) is 28.4 Å². The number of nitrogens with zero attached hydrogens (tertiary/aromatic N) is 4. The zero-order valence-electron chi connectivity index (χ0n) is 43.6. The van der Waals surface area contributed by atoms with Crippen LogP contribution >= 0.6 is 0 Å². The van der Waals surface area contributed by atoms with Crippen molar-refractivity contribution in [3.63, 3.8) is 0 Å². The summed E-state index contributed by atoms with van der Waals surface area (Å²) in [6.07, 6.45) is 0. The second kappa shape index (κ2) is 16.6. The van der Waals surface area contributed by atoms with Crippen molar-refractivity contribution in [3.8, 4) is 22.3 Å². The lowest BCUT2D eigenvalue weighted by Crippen LogP contribution is -2.12. The molecule has 0 saturated heterocycles. The van der Waals surface area contributed by atoms with Crippen molar-refractivity contribution >= 4 is 110 Å². The Morgan fingerprint density at radius 1 is 0.276 bits per heavy atom. The van der Waals surface area contributed by atoms with Gasteiger partial charge in [0.1, 0.15) is 0 Å². The van der Waals surface area contributed by atoms with E-state index in [1.807, 2.05) is 0 Å². The van der Waals surface area contributed by atoms with E-state index >= 15 is 0 Å². The number of hydrogen-bond donors (Lipinski definition) is 0. The predicted octanol–water partition coefficient (Wildman–Crippen LogP) is 20.1. The number of aromatic nitrogens is 2. The van der Waals surface area contributed by atoms with Crippen molar-refractivity contribution in [1.82, 2.24) is 8.80 Å². The first-order valence-electron chi connectivity index (χ1n) is 26.6. The van der Waals surface area contributed by atoms with Crippen molar-refractivity contribution in [2.75, 3.05) is 9.80 Å². The van der Waals surface area contributed by atoms with Crippen molar-refractivity contribution in [2.24, 2.45) is 0 Å². The molecule has 0 aliphatic rings. The van der Waals surface area contributed by atoms with Gasteiger partial charge in [-0.15, -0.1) is 0 Å². The fourth-order valence-electron chi connectivity index (χ4n) is 13.2. The van der Waals surface area contributed by atoms with Crippen LogP contribution in [0.2, 0.25) is 0 Å². The van der Waals surface area contributed by atoms with E-state index in [4.69, 9.17) is 0 Å². The molecule has 0 bridgehead atoms. The summed E-state index contributed by atoms with van der Waals surface area (Å²) in [6, 6.07) is 81.6. The van der Waals surface area contributed by atoms with Gasteiger partial charge in [0.2, 0.25) is 0 Å². The first-order chi connectivity index (χ1) is 37.3. The summed E-state index contributed by atoms with van der Waals surface area (Å²) in [5.41, 5.74) is 26.8. The molecule has 4 heterocycles. The number of aryl methyl sites for hydroxylation is 5. The van der Waals surface area contributed by atoms with E-state index < -0.39 is 0 Å². The summed E-state index contributed by atoms with van der Waals surface area (Å²) < 4.78 is 5.27. The molecule has 0 spiro atoms. The minimum atomic E-state index is 1.13. The van der Waals surface area contributed by atoms with Gasteiger partial charge in [-0.2, -0.15) is 0 Å². The highest BCUT2D eigenvalue weighted by Gasteiger charge is 2.32. The average molecular weight is 975 g/mol. The van der Waals surface area contributed by atoms with Gasteiger partial charge < -0.3 is 18.6 Å². The largest absolute Gasteiger partial charge is 0.310 e. The Kier molecular flexibility index (Phi) is 9.62. The standard InChI is InChI=1S/C72H54N4/c1-43-39-47(5)62(42-44(43)2)74(52-29-17-10-18-30-52)59-36-22-38-61-66(59)55-32-20-34-57-68-63(49-23-11-7-12-24-49)71-67(64(50-25-13-8-14-26-50)72(68)76(61)70(55)57)56-33-19-31-54-65-58(35-21-37-60(65)75(71)69(54)56)73(51-27-15-9-16-28-51)53-40-45(3)48(6)46(4)41-53/h7-42H,1-6H3. The molecular weight excluding hydrogens is 921 g/mol. The molecule has 4 heteroatoms. The van der Waals surface area contributed by atoms with Crippen LogP contribution in [0, 0.1) is 41.5 Å². The Morgan fingerprint density at radius 2 is 0.671 bits per heavy atom. The molecule has 0 atom stereocenters. The maximum Gasteiger partial charge on any atom is 0.0634 e. The van der Waals surface area contributed by atoms with E-state index in [-0.39, 0.29) is 0 Å². The van der Waals surface area contributed by atoms with Crippen LogP contribution in [-0.2, 0) is 0 Å². The lowest BCUT2D eigenvalue weighted by atomic mass is 9.89. The summed E-state index contributed by atoms with van der Waals surface area (Å²) in [5.74, 6) is 0. The Bertz CT molecular complexity index is 4770. The van der Waals surface area contributed by atoms with E-state index in [9.17, 15) is 0 Å². The molecule has 0 saturated carbocycles. The number of hydrogen-bond acceptors (Lipinski definition) is 2. The van der Waals surface area contributed by atoms with Crippen LogP contribution in [0.4, 0.5) is 34.1 Å². The Hall–Kier alpha value is -9.38. The lowest BCUT2D eigenvalue weighted by Gasteiger charge is -2.28. The molecule has 0 aliphatic heterocycles. The lowest BCUT2D eigenvalue weighted by molar-refractivity contribution is 1.22. The highest BCUT2D eigenvalue weighted by Crippen LogP contribution is 2.56. The summed E-state index contributed by atoms with van der Waals surface area (Å²) in [7, 11) is 0. The molecular formula is C72H54N4. The minimum absolute atomic E-state index is 1.13. The van der Waals surface area contributed by atoms with Gasteiger partial charge in [-0.25, -0.2) is 0 Å². The van der Waals surface area contributed by atoms with Crippen LogP contribution in [0.5, 0.6) is 0 Å². The van der Waals surface area contributed by atoms with Crippen molar-refractivity contribution < 1.29 is 0 Å². The number of fused-ring (bicyclic) bond motifs is 12. The summed E-state index contributed by atoms with van der Waals surface area (Å²) in [5, 5.41) is 9.95. The van der Waals surface area contributed by atoms with Gasteiger partial charge in [-0.1, -0.05) is 152 Å². The van der Waals surface area contributed by atoms with Gasteiger partial charge in [-0.3, -0.25) is 0 Å². The quantitative estimate of drug-likeness (QED) is 0.151. The molecule has 76 heavy (non-hydrogen) atoms. The maximum absolute atomic E-state index is 2.64. The Morgan fingerprint density at radius 3 is 1.14 bits per heavy atom. The fourth-order valence-corrected chi connectivity index (χ4v) is 13.2. The molecule has 15 rings (SSSR count). The van der Waals surface area contributed by atoms with Crippen molar-refractivity contribution in [3.05, 3.63) is 252 Å². The van der Waals surface area contributed by atoms with Crippen LogP contribution in [0.1, 0.15) is 33.4 Å². The van der Waals surface area contributed by atoms with Gasteiger partial charge in [0, 0.05) is 77.0 Å². The molecule has 0 N–H and O–H groups in total. The topological polar surface area (TPSA) is 15.3 Å². The third kappa shape index (κ3) is 6.13. The minimum Gasteiger partial charge on any atom is -0.310 e. The van der Waals surface area contributed by atoms with Gasteiger partial charge in [-0.05, 0) is 153 Å². The molecule has 0 amide bonds. The number of benzene rings is 11. The van der Waals surface area contributed by atoms with Crippen LogP contribution < -0.4 is 9.80 Å². The van der Waals surface area contributed by atoms with Gasteiger partial charge >= 0.3 is 0 Å². The van der Waals surface area contributed by atoms with Crippen molar-refractivity contribution in [2.45, 2.75) is 41.5 Å². The summed E-state index contributed by atoms with van der Waals surface area (Å²) in [4.78, 5) is 4.97. The smallest absolute Gasteiger partial charge is 0.0634 e. The first-order valence-corrected chi connectivity index (χ1v) is 26.6. The zero-order valence-corrected chi connectivity index (χ0v) is 43.6. The zero-order chi connectivity index (χ0) is 51.1. The maximum atomic E-state index is 2.64. The monoisotopic (exact) mass is 974 g/mol. The van der Waals surface area contributed by atoms with E-state index in [0.29, 0.717) is 0 Å². The molecule has 15 aromatic rings. The number of anilines is 6. The van der Waals surface area contributed by atoms with Gasteiger partial charge in [0.15, 0.2) is 0 Å². The molecule has 11 aromatic carbocycles. The third-order valence-electron chi connectivity index (χ3n) is 16.9. The van der Waals surface area contributed by atoms with Crippen LogP contribution in [0.25, 0.3) is 98.4 Å². The van der Waals surface area contributed by atoms with E-state index in [2.05, 4.69) is 279 Å². The second-order valence-corrected chi connectivity index (χ2v) is 21.1. The summed E-state index contributed by atoms with van der Waals surface area (Å²) >= 11 is 0. The molecule has 4 aromatic heterocycles. The molecule has 0 aliphatic carbocycles. The van der Waals surface area contributed by atoms with Gasteiger partial charge in [0.05, 0.1) is 44.5 Å². The highest BCUT2D eigenvalue weighted by molar-refractivity contribution is 6.39. The Labute approximate surface area is 442 Å². The molecule has 4 nitrogen and oxygen atoms in total. The second-order valence-electron chi connectivity index (χ2n) is 21.1. The van der Waals surface area contributed by atoms with Gasteiger partial charge in [0.25, 0.3) is 0 Å². The van der Waals surface area contributed by atoms with Crippen LogP contribution in [0.3, 0.4) is 0 Å². The molecule has 0 fully saturated rings. The third-order valence-corrected chi connectivity index (χ3v) is 16.9. The number of para-hydroxylation sites is 4. The first kappa shape index (κ1) is 44.1. The van der Waals surface area contributed by atoms with Crippen molar-refractivity contribution in [1.29, 1.82) is 0 Å². The predicted molar refractivity (Wildman–Crippen MR) is 324 cm³/mol. The molecule has 362 valence electrons. The molecule has 0 unspecified atom stereocenters. The SMILES string of the molecule is Cc1cc(C)c(N(c2ccccc2)c2cccc3c2c2cccc4c5c(-c6ccccc6)c6c(c(-c7ccccc7)c5n3c24)c2cccc3c4c(N(c5ccccc5)c5cc(C)c(C)c(C)c5)cccc4n6c32)cc1C. The van der Waals surface area contributed by atoms with Crippen LogP contribution in [-0.4, -0.2) is 8.80 Å². The normalized spacial score (nSPS) is 12.1. The van der Waals surface area contributed by atoms with Crippen LogP contribution in [0.15, 0.2) is 218 Å². The highest BCUT2D eigenvalue weighted by atomic mass is 15.2. The average Bonchev–Trinajstić information content (AvgIpc) is 4.22. The summed E-state index contributed by atoms with van der Waals surface area (Å²) in [6.45, 7) is 13.4. The molecule has 0 radical (unpaired) electrons. The number of rotatable bonds is 8.